The molecule has 0 radical (unpaired) electrons. The lowest BCUT2D eigenvalue weighted by atomic mass is 9.92. The number of hydrogen-bond donors (Lipinski definition) is 0. The maximum absolute atomic E-state index is 2.50. The first-order valence-electron chi connectivity index (χ1n) is 24.0. The third-order valence-corrected chi connectivity index (χ3v) is 13.5. The van der Waals surface area contributed by atoms with E-state index in [-0.39, 0.29) is 0 Å². The lowest BCUT2D eigenvalue weighted by Crippen LogP contribution is -2.16. The Morgan fingerprint density at radius 3 is 0.929 bits per heavy atom. The predicted molar refractivity (Wildman–Crippen MR) is 298 cm³/mol. The van der Waals surface area contributed by atoms with Gasteiger partial charge in [-0.25, -0.2) is 0 Å². The summed E-state index contributed by atoms with van der Waals surface area (Å²) in [5.74, 6) is 0. The van der Waals surface area contributed by atoms with Crippen LogP contribution in [0.2, 0.25) is 0 Å². The van der Waals surface area contributed by atoms with E-state index in [0.717, 1.165) is 56.4 Å². The van der Waals surface area contributed by atoms with Crippen LogP contribution in [0.5, 0.6) is 0 Å². The van der Waals surface area contributed by atoms with Gasteiger partial charge in [-0.1, -0.05) is 237 Å². The fourth-order valence-corrected chi connectivity index (χ4v) is 10.0. The summed E-state index contributed by atoms with van der Waals surface area (Å²) in [6.45, 7) is 0. The molecule has 2 heteroatoms. The average Bonchev–Trinajstić information content (AvgIpc) is 3.45. The Labute approximate surface area is 410 Å². The van der Waals surface area contributed by atoms with Crippen molar-refractivity contribution in [3.05, 3.63) is 291 Å². The summed E-state index contributed by atoms with van der Waals surface area (Å²) in [5, 5.41) is 4.80. The van der Waals surface area contributed by atoms with Crippen LogP contribution < -0.4 is 9.80 Å². The van der Waals surface area contributed by atoms with Crippen LogP contribution in [0.25, 0.3) is 77.2 Å². The van der Waals surface area contributed by atoms with Gasteiger partial charge < -0.3 is 9.80 Å². The van der Waals surface area contributed by atoms with Crippen molar-refractivity contribution in [1.29, 1.82) is 0 Å². The highest BCUT2D eigenvalue weighted by Crippen LogP contribution is 2.51. The number of hydrogen-bond acceptors (Lipinski definition) is 2. The normalized spacial score (nSPS) is 11.1. The van der Waals surface area contributed by atoms with Gasteiger partial charge in [-0.2, -0.15) is 0 Å². The van der Waals surface area contributed by atoms with Crippen LogP contribution in [0.15, 0.2) is 291 Å². The van der Waals surface area contributed by atoms with E-state index < -0.39 is 0 Å². The fourth-order valence-electron chi connectivity index (χ4n) is 10.0. The van der Waals surface area contributed by atoms with Crippen LogP contribution >= 0.6 is 0 Å². The molecule has 0 bridgehead atoms. The van der Waals surface area contributed by atoms with Crippen molar-refractivity contribution in [3.63, 3.8) is 0 Å². The van der Waals surface area contributed by atoms with E-state index in [4.69, 9.17) is 0 Å². The molecule has 0 atom stereocenters. The number of rotatable bonds is 11. The second kappa shape index (κ2) is 18.8. The highest BCUT2D eigenvalue weighted by atomic mass is 15.2. The van der Waals surface area contributed by atoms with Gasteiger partial charge >= 0.3 is 0 Å². The maximum Gasteiger partial charge on any atom is 0.0561 e. The average molecular weight is 893 g/mol. The second-order valence-corrected chi connectivity index (χ2v) is 17.7. The van der Waals surface area contributed by atoms with Crippen molar-refractivity contribution in [1.82, 2.24) is 0 Å². The summed E-state index contributed by atoms with van der Waals surface area (Å²) in [6, 6.07) is 106. The minimum Gasteiger partial charge on any atom is -0.310 e. The number of anilines is 6. The fraction of sp³-hybridized carbons (Fsp3) is 0. The maximum atomic E-state index is 2.50. The van der Waals surface area contributed by atoms with E-state index in [9.17, 15) is 0 Å². The highest BCUT2D eigenvalue weighted by Gasteiger charge is 2.26. The van der Waals surface area contributed by atoms with Crippen molar-refractivity contribution in [3.8, 4) is 55.6 Å². The molecule has 70 heavy (non-hydrogen) atoms. The van der Waals surface area contributed by atoms with Crippen LogP contribution in [0.4, 0.5) is 34.1 Å². The molecule has 0 N–H and O–H groups in total. The molecule has 12 aromatic carbocycles. The Morgan fingerprint density at radius 2 is 0.500 bits per heavy atom. The number of benzene rings is 12. The first kappa shape index (κ1) is 42.1. The quantitative estimate of drug-likeness (QED) is 0.119. The van der Waals surface area contributed by atoms with Gasteiger partial charge in [0.25, 0.3) is 0 Å². The first-order valence-corrected chi connectivity index (χ1v) is 24.0. The van der Waals surface area contributed by atoms with E-state index in [2.05, 4.69) is 301 Å². The number of fused-ring (bicyclic) bond motifs is 3. The Bertz CT molecular complexity index is 3620. The topological polar surface area (TPSA) is 6.48 Å². The van der Waals surface area contributed by atoms with Gasteiger partial charge in [-0.05, 0) is 115 Å². The molecule has 0 aliphatic heterocycles. The van der Waals surface area contributed by atoms with E-state index in [1.54, 1.807) is 0 Å². The predicted octanol–water partition coefficient (Wildman–Crippen LogP) is 19.3. The van der Waals surface area contributed by atoms with Crippen LogP contribution in [0.3, 0.4) is 0 Å². The summed E-state index contributed by atoms with van der Waals surface area (Å²) in [6.07, 6.45) is 0. The molecule has 0 spiro atoms. The summed E-state index contributed by atoms with van der Waals surface area (Å²) >= 11 is 0. The molecule has 0 saturated carbocycles. The molecular formula is C68H48N2. The zero-order valence-corrected chi connectivity index (χ0v) is 38.6. The van der Waals surface area contributed by atoms with Crippen molar-refractivity contribution in [2.24, 2.45) is 0 Å². The van der Waals surface area contributed by atoms with Gasteiger partial charge in [-0.15, -0.1) is 0 Å². The van der Waals surface area contributed by atoms with Gasteiger partial charge in [0, 0.05) is 33.6 Å². The minimum atomic E-state index is 1.05. The zero-order chi connectivity index (χ0) is 46.6. The number of nitrogens with zero attached hydrogens (tertiary/aromatic N) is 2. The Hall–Kier alpha value is -9.24. The van der Waals surface area contributed by atoms with Crippen molar-refractivity contribution >= 4 is 55.7 Å². The van der Waals surface area contributed by atoms with E-state index in [0.29, 0.717) is 0 Å². The highest BCUT2D eigenvalue weighted by molar-refractivity contribution is 6.15. The van der Waals surface area contributed by atoms with E-state index in [1.165, 1.54) is 54.9 Å². The van der Waals surface area contributed by atoms with Gasteiger partial charge in [0.05, 0.1) is 17.1 Å². The second-order valence-electron chi connectivity index (χ2n) is 17.7. The molecule has 0 heterocycles. The molecule has 2 nitrogen and oxygen atoms in total. The molecule has 0 aliphatic rings. The van der Waals surface area contributed by atoms with Crippen LogP contribution in [-0.2, 0) is 0 Å². The lowest BCUT2D eigenvalue weighted by Gasteiger charge is -2.34. The van der Waals surface area contributed by atoms with Crippen molar-refractivity contribution in [2.75, 3.05) is 9.80 Å². The molecule has 12 aromatic rings. The van der Waals surface area contributed by atoms with Crippen LogP contribution in [0.1, 0.15) is 0 Å². The third kappa shape index (κ3) is 8.19. The lowest BCUT2D eigenvalue weighted by molar-refractivity contribution is 1.26. The van der Waals surface area contributed by atoms with Crippen molar-refractivity contribution < 1.29 is 0 Å². The summed E-state index contributed by atoms with van der Waals surface area (Å²) < 4.78 is 0. The monoisotopic (exact) mass is 892 g/mol. The molecule has 12 rings (SSSR count). The summed E-state index contributed by atoms with van der Waals surface area (Å²) in [5.41, 5.74) is 17.9. The molecule has 330 valence electrons. The summed E-state index contributed by atoms with van der Waals surface area (Å²) in [4.78, 5) is 4.94. The molecule has 0 amide bonds. The zero-order valence-electron chi connectivity index (χ0n) is 38.6. The summed E-state index contributed by atoms with van der Waals surface area (Å²) in [7, 11) is 0. The molecular weight excluding hydrogens is 845 g/mol. The van der Waals surface area contributed by atoms with Crippen LogP contribution in [0, 0.1) is 0 Å². The largest absolute Gasteiger partial charge is 0.310 e. The Kier molecular flexibility index (Phi) is 11.3. The molecule has 0 unspecified atom stereocenters. The van der Waals surface area contributed by atoms with E-state index >= 15 is 0 Å². The molecule has 0 aromatic heterocycles. The van der Waals surface area contributed by atoms with Gasteiger partial charge in [0.1, 0.15) is 0 Å². The Balaban J connectivity index is 1.16. The van der Waals surface area contributed by atoms with Gasteiger partial charge in [0.15, 0.2) is 0 Å². The van der Waals surface area contributed by atoms with E-state index in [1.807, 2.05) is 0 Å². The molecule has 0 aliphatic carbocycles. The molecule has 0 saturated heterocycles. The van der Waals surface area contributed by atoms with Gasteiger partial charge in [0.2, 0.25) is 0 Å². The smallest absolute Gasteiger partial charge is 0.0561 e. The Morgan fingerprint density at radius 1 is 0.186 bits per heavy atom. The van der Waals surface area contributed by atoms with Crippen LogP contribution in [-0.4, -0.2) is 0 Å². The standard InChI is InChI=1S/C68H48N2/c1-6-20-49(21-7-1)52-34-40-58(41-35-52)69(59-42-36-53(37-43-59)50-22-8-2-9-23-50)67-48-68(65(56-28-14-5-15-29-56)47-64(67)55-26-12-4-13-27-55)70(60-44-38-54(39-45-60)51-24-10-3-11-25-51)66-46-57-30-16-17-31-61(57)62-32-18-19-33-63(62)66/h1-48H. The SMILES string of the molecule is c1ccc(-c2ccc(N(c3ccc(-c4ccccc4)cc3)c3cc(N(c4ccc(-c5ccccc5)cc4)c4cc5ccccc5c5ccccc45)c(-c4ccccc4)cc3-c3ccccc3)cc2)cc1. The van der Waals surface area contributed by atoms with Gasteiger partial charge in [-0.3, -0.25) is 0 Å². The third-order valence-electron chi connectivity index (χ3n) is 13.5. The van der Waals surface area contributed by atoms with Crippen molar-refractivity contribution in [2.45, 2.75) is 0 Å². The minimum absolute atomic E-state index is 1.05. The first-order chi connectivity index (χ1) is 34.7. The molecule has 0 fully saturated rings.